The number of aliphatic hydroxyl groups excluding tert-OH is 1. The van der Waals surface area contributed by atoms with Gasteiger partial charge in [-0.1, -0.05) is 11.8 Å². The minimum atomic E-state index is -0.577. The molecule has 0 amide bonds. The first kappa shape index (κ1) is 14.4. The van der Waals surface area contributed by atoms with Crippen LogP contribution in [-0.2, 0) is 7.05 Å². The van der Waals surface area contributed by atoms with Crippen molar-refractivity contribution in [2.45, 2.75) is 11.3 Å². The summed E-state index contributed by atoms with van der Waals surface area (Å²) < 4.78 is 7.37. The molecule has 1 atom stereocenters. The van der Waals surface area contributed by atoms with E-state index in [2.05, 4.69) is 4.98 Å². The molecule has 0 aliphatic heterocycles. The van der Waals surface area contributed by atoms with Crippen LogP contribution in [0.2, 0.25) is 0 Å². The number of nitriles is 1. The van der Waals surface area contributed by atoms with Gasteiger partial charge in [-0.25, -0.2) is 4.98 Å². The molecule has 0 aliphatic carbocycles. The third-order valence-electron chi connectivity index (χ3n) is 2.61. The fraction of sp³-hybridized carbons (Fsp3) is 0.286. The smallest absolute Gasteiger partial charge is 0.167 e. The summed E-state index contributed by atoms with van der Waals surface area (Å²) in [6.45, 7) is 0.212. The van der Waals surface area contributed by atoms with Crippen LogP contribution >= 0.6 is 11.8 Å². The zero-order valence-corrected chi connectivity index (χ0v) is 11.9. The van der Waals surface area contributed by atoms with Gasteiger partial charge in [0.05, 0.1) is 17.7 Å². The van der Waals surface area contributed by atoms with Crippen molar-refractivity contribution in [1.82, 2.24) is 9.55 Å². The normalized spacial score (nSPS) is 11.8. The van der Waals surface area contributed by atoms with Gasteiger partial charge in [0, 0.05) is 25.2 Å². The Morgan fingerprint density at radius 3 is 2.80 bits per heavy atom. The number of thioether (sulfide) groups is 1. The lowest BCUT2D eigenvalue weighted by Crippen LogP contribution is -2.20. The van der Waals surface area contributed by atoms with Gasteiger partial charge in [0.1, 0.15) is 12.4 Å². The molecule has 104 valence electrons. The van der Waals surface area contributed by atoms with Crippen LogP contribution in [0, 0.1) is 11.3 Å². The molecular formula is C14H15N3O2S. The maximum atomic E-state index is 9.87. The minimum Gasteiger partial charge on any atom is -0.491 e. The van der Waals surface area contributed by atoms with E-state index in [0.29, 0.717) is 17.1 Å². The molecule has 1 heterocycles. The third-order valence-corrected chi connectivity index (χ3v) is 3.81. The summed E-state index contributed by atoms with van der Waals surface area (Å²) in [6.07, 6.45) is 3.01. The van der Waals surface area contributed by atoms with E-state index in [1.54, 1.807) is 30.5 Å². The van der Waals surface area contributed by atoms with Gasteiger partial charge >= 0.3 is 0 Å². The largest absolute Gasteiger partial charge is 0.491 e. The SMILES string of the molecule is Cn1ccnc1SC[C@@H](O)COc1ccc(C#N)cc1. The highest BCUT2D eigenvalue weighted by Gasteiger charge is 2.08. The molecule has 0 aliphatic rings. The quantitative estimate of drug-likeness (QED) is 0.821. The van der Waals surface area contributed by atoms with Crippen LogP contribution < -0.4 is 4.74 Å². The summed E-state index contributed by atoms with van der Waals surface area (Å²) in [4.78, 5) is 4.17. The maximum Gasteiger partial charge on any atom is 0.167 e. The van der Waals surface area contributed by atoms with Crippen molar-refractivity contribution >= 4 is 11.8 Å². The number of aryl methyl sites for hydroxylation is 1. The van der Waals surface area contributed by atoms with Gasteiger partial charge in [-0.3, -0.25) is 0 Å². The van der Waals surface area contributed by atoms with Gasteiger partial charge in [0.25, 0.3) is 0 Å². The summed E-state index contributed by atoms with van der Waals surface area (Å²) in [7, 11) is 1.91. The zero-order chi connectivity index (χ0) is 14.4. The van der Waals surface area contributed by atoms with Crippen LogP contribution in [0.4, 0.5) is 0 Å². The van der Waals surface area contributed by atoms with Crippen LogP contribution in [0.15, 0.2) is 41.8 Å². The Labute approximate surface area is 121 Å². The van der Waals surface area contributed by atoms with E-state index in [1.807, 2.05) is 23.9 Å². The molecule has 0 spiro atoms. The second-order valence-corrected chi connectivity index (χ2v) is 5.22. The van der Waals surface area contributed by atoms with Crippen LogP contribution in [0.5, 0.6) is 5.75 Å². The topological polar surface area (TPSA) is 71.1 Å². The average Bonchev–Trinajstić information content (AvgIpc) is 2.89. The average molecular weight is 289 g/mol. The van der Waals surface area contributed by atoms with Gasteiger partial charge in [0.2, 0.25) is 0 Å². The van der Waals surface area contributed by atoms with Crippen molar-refractivity contribution in [3.63, 3.8) is 0 Å². The van der Waals surface area contributed by atoms with Crippen LogP contribution in [0.25, 0.3) is 0 Å². The Balaban J connectivity index is 1.76. The molecule has 0 fully saturated rings. The first-order valence-electron chi connectivity index (χ1n) is 6.10. The number of nitrogens with zero attached hydrogens (tertiary/aromatic N) is 3. The van der Waals surface area contributed by atoms with E-state index >= 15 is 0 Å². The van der Waals surface area contributed by atoms with Gasteiger partial charge in [0.15, 0.2) is 5.16 Å². The Morgan fingerprint density at radius 1 is 1.45 bits per heavy atom. The second-order valence-electron chi connectivity index (χ2n) is 4.23. The first-order chi connectivity index (χ1) is 9.69. The number of hydrogen-bond acceptors (Lipinski definition) is 5. The first-order valence-corrected chi connectivity index (χ1v) is 7.09. The highest BCUT2D eigenvalue weighted by atomic mass is 32.2. The molecular weight excluding hydrogens is 274 g/mol. The minimum absolute atomic E-state index is 0.212. The van der Waals surface area contributed by atoms with E-state index < -0.39 is 6.10 Å². The van der Waals surface area contributed by atoms with E-state index in [0.717, 1.165) is 5.16 Å². The van der Waals surface area contributed by atoms with Crippen molar-refractivity contribution < 1.29 is 9.84 Å². The highest BCUT2D eigenvalue weighted by Crippen LogP contribution is 2.16. The summed E-state index contributed by atoms with van der Waals surface area (Å²) in [5.74, 6) is 1.16. The standard InChI is InChI=1S/C14H15N3O2S/c1-17-7-6-16-14(17)20-10-12(18)9-19-13-4-2-11(8-15)3-5-13/h2-7,12,18H,9-10H2,1H3/t12-/m0/s1. The van der Waals surface area contributed by atoms with E-state index in [-0.39, 0.29) is 6.61 Å². The maximum absolute atomic E-state index is 9.87. The summed E-state index contributed by atoms with van der Waals surface area (Å²) >= 11 is 1.48. The number of benzene rings is 1. The van der Waals surface area contributed by atoms with Crippen molar-refractivity contribution in [2.75, 3.05) is 12.4 Å². The molecule has 6 heteroatoms. The highest BCUT2D eigenvalue weighted by molar-refractivity contribution is 7.99. The molecule has 0 unspecified atom stereocenters. The Kier molecular flexibility index (Phi) is 5.04. The van der Waals surface area contributed by atoms with Gasteiger partial charge in [-0.05, 0) is 24.3 Å². The third kappa shape index (κ3) is 4.02. The molecule has 2 aromatic rings. The lowest BCUT2D eigenvalue weighted by Gasteiger charge is -2.11. The molecule has 0 saturated heterocycles. The van der Waals surface area contributed by atoms with Gasteiger partial charge < -0.3 is 14.4 Å². The molecule has 2 rings (SSSR count). The molecule has 0 radical (unpaired) electrons. The Hall–Kier alpha value is -1.97. The number of hydrogen-bond donors (Lipinski definition) is 1. The van der Waals surface area contributed by atoms with Crippen molar-refractivity contribution in [3.8, 4) is 11.8 Å². The van der Waals surface area contributed by atoms with Gasteiger partial charge in [-0.2, -0.15) is 5.26 Å². The molecule has 5 nitrogen and oxygen atoms in total. The van der Waals surface area contributed by atoms with Crippen molar-refractivity contribution in [1.29, 1.82) is 5.26 Å². The molecule has 0 bridgehead atoms. The fourth-order valence-corrected chi connectivity index (χ4v) is 2.37. The van der Waals surface area contributed by atoms with E-state index in [4.69, 9.17) is 10.00 Å². The fourth-order valence-electron chi connectivity index (χ4n) is 1.53. The predicted molar refractivity (Wildman–Crippen MR) is 76.6 cm³/mol. The molecule has 20 heavy (non-hydrogen) atoms. The molecule has 1 N–H and O–H groups in total. The Bertz CT molecular complexity index is 589. The number of aromatic nitrogens is 2. The van der Waals surface area contributed by atoms with Crippen molar-refractivity contribution in [2.24, 2.45) is 7.05 Å². The second kappa shape index (κ2) is 6.98. The van der Waals surface area contributed by atoms with Gasteiger partial charge in [-0.15, -0.1) is 0 Å². The Morgan fingerprint density at radius 2 is 2.20 bits per heavy atom. The number of ether oxygens (including phenoxy) is 1. The van der Waals surface area contributed by atoms with E-state index in [9.17, 15) is 5.11 Å². The number of aliphatic hydroxyl groups is 1. The zero-order valence-electron chi connectivity index (χ0n) is 11.1. The lowest BCUT2D eigenvalue weighted by molar-refractivity contribution is 0.126. The summed E-state index contributed by atoms with van der Waals surface area (Å²) in [6, 6.07) is 8.85. The van der Waals surface area contributed by atoms with Crippen LogP contribution in [0.3, 0.4) is 0 Å². The molecule has 1 aromatic carbocycles. The monoisotopic (exact) mass is 289 g/mol. The number of rotatable bonds is 6. The van der Waals surface area contributed by atoms with E-state index in [1.165, 1.54) is 11.8 Å². The van der Waals surface area contributed by atoms with Crippen molar-refractivity contribution in [3.05, 3.63) is 42.2 Å². The number of imidazole rings is 1. The predicted octanol–water partition coefficient (Wildman–Crippen LogP) is 1.82. The van der Waals surface area contributed by atoms with Crippen LogP contribution in [-0.4, -0.2) is 33.1 Å². The molecule has 0 saturated carbocycles. The molecule has 1 aromatic heterocycles. The summed E-state index contributed by atoms with van der Waals surface area (Å²) in [5, 5.41) is 19.4. The van der Waals surface area contributed by atoms with Crippen LogP contribution in [0.1, 0.15) is 5.56 Å². The lowest BCUT2D eigenvalue weighted by atomic mass is 10.2. The summed E-state index contributed by atoms with van der Waals surface area (Å²) in [5.41, 5.74) is 0.586.